The molecule has 3 heterocycles. The van der Waals surface area contributed by atoms with Crippen molar-refractivity contribution in [1.82, 2.24) is 10.2 Å². The fraction of sp³-hybridized carbons (Fsp3) is 0.611. The molecule has 2 bridgehead atoms. The van der Waals surface area contributed by atoms with Crippen LogP contribution in [-0.2, 0) is 9.53 Å². The minimum atomic E-state index is -0.107. The molecule has 0 aromatic carbocycles. The fourth-order valence-corrected chi connectivity index (χ4v) is 4.35. The van der Waals surface area contributed by atoms with Crippen LogP contribution < -0.4 is 5.32 Å². The fourth-order valence-electron chi connectivity index (χ4n) is 4.35. The first-order valence-electron chi connectivity index (χ1n) is 8.79. The van der Waals surface area contributed by atoms with Crippen molar-refractivity contribution in [3.8, 4) is 0 Å². The molecule has 2 fully saturated rings. The molecule has 24 heavy (non-hydrogen) atoms. The van der Waals surface area contributed by atoms with Gasteiger partial charge in [0.25, 0.3) is 5.91 Å². The highest BCUT2D eigenvalue weighted by Crippen LogP contribution is 2.32. The molecule has 1 N–H and O–H groups in total. The zero-order chi connectivity index (χ0) is 16.7. The summed E-state index contributed by atoms with van der Waals surface area (Å²) in [6.07, 6.45) is 10.3. The van der Waals surface area contributed by atoms with Crippen molar-refractivity contribution in [2.75, 3.05) is 14.2 Å². The first kappa shape index (κ1) is 15.6. The number of piperidine rings is 2. The molecular formula is C18H24N4O2. The van der Waals surface area contributed by atoms with E-state index in [0.717, 1.165) is 29.9 Å². The van der Waals surface area contributed by atoms with Crippen LogP contribution in [0.5, 0.6) is 0 Å². The van der Waals surface area contributed by atoms with Crippen molar-refractivity contribution in [3.63, 3.8) is 0 Å². The van der Waals surface area contributed by atoms with Crippen LogP contribution in [0.15, 0.2) is 33.7 Å². The Morgan fingerprint density at radius 1 is 1.29 bits per heavy atom. The average Bonchev–Trinajstić information content (AvgIpc) is 2.98. The van der Waals surface area contributed by atoms with Gasteiger partial charge in [0.05, 0.1) is 12.8 Å². The summed E-state index contributed by atoms with van der Waals surface area (Å²) in [6.45, 7) is 0. The van der Waals surface area contributed by atoms with Crippen molar-refractivity contribution < 1.29 is 9.53 Å². The molecule has 0 saturated carbocycles. The van der Waals surface area contributed by atoms with Crippen LogP contribution >= 0.6 is 0 Å². The number of methoxy groups -OCH3 is 1. The highest BCUT2D eigenvalue weighted by molar-refractivity contribution is 6.53. The second kappa shape index (κ2) is 6.16. The molecule has 6 nitrogen and oxygen atoms in total. The molecule has 4 aliphatic rings. The second-order valence-electron chi connectivity index (χ2n) is 7.11. The lowest BCUT2D eigenvalue weighted by molar-refractivity contribution is -0.116. The van der Waals surface area contributed by atoms with Crippen molar-refractivity contribution in [1.29, 1.82) is 0 Å². The van der Waals surface area contributed by atoms with Crippen LogP contribution in [0.2, 0.25) is 0 Å². The van der Waals surface area contributed by atoms with E-state index >= 15 is 0 Å². The Labute approximate surface area is 142 Å². The molecule has 6 heteroatoms. The van der Waals surface area contributed by atoms with Gasteiger partial charge in [0.1, 0.15) is 5.76 Å². The lowest BCUT2D eigenvalue weighted by atomic mass is 9.82. The first-order valence-corrected chi connectivity index (χ1v) is 8.79. The number of hydrogen-bond acceptors (Lipinski definition) is 5. The minimum absolute atomic E-state index is 0.107. The Balaban J connectivity index is 1.44. The van der Waals surface area contributed by atoms with Gasteiger partial charge in [-0.3, -0.25) is 4.79 Å². The third-order valence-corrected chi connectivity index (χ3v) is 5.75. The lowest BCUT2D eigenvalue weighted by Crippen LogP contribution is -2.56. The molecule has 3 aliphatic heterocycles. The number of nitrogens with zero attached hydrogens (tertiary/aromatic N) is 3. The number of amides is 1. The number of fused-ring (bicyclic) bond motifs is 3. The molecule has 0 aromatic rings. The predicted octanol–water partition coefficient (Wildman–Crippen LogP) is 1.79. The summed E-state index contributed by atoms with van der Waals surface area (Å²) < 4.78 is 5.28. The SMILES string of the molecule is COC1=CCC2=NN=C(C(=O)NC3CC4CCCC(C3)N4C)C2=C1. The summed E-state index contributed by atoms with van der Waals surface area (Å²) in [5, 5.41) is 11.5. The van der Waals surface area contributed by atoms with E-state index in [4.69, 9.17) is 4.74 Å². The van der Waals surface area contributed by atoms with Crippen LogP contribution in [0.4, 0.5) is 0 Å². The molecule has 128 valence electrons. The molecule has 2 atom stereocenters. The number of allylic oxidation sites excluding steroid dienone is 2. The molecule has 2 saturated heterocycles. The quantitative estimate of drug-likeness (QED) is 0.859. The number of hydrogen-bond donors (Lipinski definition) is 1. The zero-order valence-corrected chi connectivity index (χ0v) is 14.3. The third kappa shape index (κ3) is 2.69. The van der Waals surface area contributed by atoms with Gasteiger partial charge in [-0.2, -0.15) is 5.10 Å². The average molecular weight is 328 g/mol. The van der Waals surface area contributed by atoms with Gasteiger partial charge in [-0.25, -0.2) is 0 Å². The van der Waals surface area contributed by atoms with Crippen LogP contribution in [0.1, 0.15) is 38.5 Å². The van der Waals surface area contributed by atoms with Gasteiger partial charge in [0.15, 0.2) is 5.71 Å². The summed E-state index contributed by atoms with van der Waals surface area (Å²) >= 11 is 0. The maximum Gasteiger partial charge on any atom is 0.272 e. The number of ether oxygens (including phenoxy) is 1. The summed E-state index contributed by atoms with van der Waals surface area (Å²) in [5.74, 6) is 0.658. The van der Waals surface area contributed by atoms with E-state index in [0.29, 0.717) is 24.2 Å². The molecule has 0 radical (unpaired) electrons. The Bertz CT molecular complexity index is 663. The van der Waals surface area contributed by atoms with Crippen molar-refractivity contribution in [2.24, 2.45) is 10.2 Å². The Morgan fingerprint density at radius 3 is 2.75 bits per heavy atom. The highest BCUT2D eigenvalue weighted by Gasteiger charge is 2.37. The Kier molecular flexibility index (Phi) is 4.00. The first-order chi connectivity index (χ1) is 11.7. The predicted molar refractivity (Wildman–Crippen MR) is 93.0 cm³/mol. The molecule has 2 unspecified atom stereocenters. The summed E-state index contributed by atoms with van der Waals surface area (Å²) in [4.78, 5) is 15.2. The minimum Gasteiger partial charge on any atom is -0.497 e. The van der Waals surface area contributed by atoms with Crippen molar-refractivity contribution >= 4 is 17.3 Å². The van der Waals surface area contributed by atoms with E-state index < -0.39 is 0 Å². The topological polar surface area (TPSA) is 66.3 Å². The van der Waals surface area contributed by atoms with E-state index in [9.17, 15) is 4.79 Å². The molecule has 0 aromatic heterocycles. The van der Waals surface area contributed by atoms with E-state index in [2.05, 4.69) is 27.5 Å². The van der Waals surface area contributed by atoms with Gasteiger partial charge in [0, 0.05) is 30.1 Å². The van der Waals surface area contributed by atoms with Crippen LogP contribution in [0.25, 0.3) is 0 Å². The maximum atomic E-state index is 12.7. The third-order valence-electron chi connectivity index (χ3n) is 5.75. The molecule has 1 aliphatic carbocycles. The Morgan fingerprint density at radius 2 is 2.04 bits per heavy atom. The monoisotopic (exact) mass is 328 g/mol. The molecule has 0 spiro atoms. The van der Waals surface area contributed by atoms with Crippen molar-refractivity contribution in [3.05, 3.63) is 23.5 Å². The highest BCUT2D eigenvalue weighted by atomic mass is 16.5. The summed E-state index contributed by atoms with van der Waals surface area (Å²) in [5.41, 5.74) is 2.08. The van der Waals surface area contributed by atoms with Gasteiger partial charge in [0.2, 0.25) is 0 Å². The summed E-state index contributed by atoms with van der Waals surface area (Å²) in [6, 6.07) is 1.42. The maximum absolute atomic E-state index is 12.7. The van der Waals surface area contributed by atoms with Gasteiger partial charge in [-0.1, -0.05) is 6.42 Å². The summed E-state index contributed by atoms with van der Waals surface area (Å²) in [7, 11) is 3.85. The van der Waals surface area contributed by atoms with Gasteiger partial charge in [-0.15, -0.1) is 5.10 Å². The normalized spacial score (nSPS) is 32.2. The zero-order valence-electron chi connectivity index (χ0n) is 14.3. The molecular weight excluding hydrogens is 304 g/mol. The van der Waals surface area contributed by atoms with Crippen LogP contribution in [0, 0.1) is 0 Å². The van der Waals surface area contributed by atoms with E-state index in [1.807, 2.05) is 12.2 Å². The van der Waals surface area contributed by atoms with Gasteiger partial charge >= 0.3 is 0 Å². The van der Waals surface area contributed by atoms with Crippen LogP contribution in [0.3, 0.4) is 0 Å². The number of rotatable bonds is 3. The lowest BCUT2D eigenvalue weighted by Gasteiger charge is -2.47. The Hall–Kier alpha value is -1.95. The smallest absolute Gasteiger partial charge is 0.272 e. The number of carbonyl (C=O) groups excluding carboxylic acids is 1. The standard InChI is InChI=1S/C18H24N4O2/c1-22-12-4-3-5-13(22)9-11(8-12)19-18(23)17-15-10-14(24-2)6-7-16(15)20-21-17/h6,10-13H,3-5,7-9H2,1-2H3,(H,19,23). The van der Waals surface area contributed by atoms with E-state index in [1.165, 1.54) is 19.3 Å². The van der Waals surface area contributed by atoms with E-state index in [1.54, 1.807) is 7.11 Å². The van der Waals surface area contributed by atoms with E-state index in [-0.39, 0.29) is 11.9 Å². The molecule has 4 rings (SSSR count). The number of carbonyl (C=O) groups is 1. The largest absolute Gasteiger partial charge is 0.497 e. The van der Waals surface area contributed by atoms with Crippen LogP contribution in [-0.4, -0.2) is 54.5 Å². The van der Waals surface area contributed by atoms with Gasteiger partial charge in [-0.05, 0) is 44.9 Å². The van der Waals surface area contributed by atoms with Gasteiger partial charge < -0.3 is 15.0 Å². The van der Waals surface area contributed by atoms with Crippen molar-refractivity contribution in [2.45, 2.75) is 56.7 Å². The second-order valence-corrected chi connectivity index (χ2v) is 7.11. The molecule has 1 amide bonds. The number of nitrogens with one attached hydrogen (secondary N) is 1.